The highest BCUT2D eigenvalue weighted by molar-refractivity contribution is 5.97. The number of hydrogen-bond acceptors (Lipinski definition) is 3. The maximum Gasteiger partial charge on any atom is 0.122 e. The molecule has 90 valence electrons. The van der Waals surface area contributed by atoms with E-state index in [0.717, 1.165) is 5.56 Å². The van der Waals surface area contributed by atoms with Crippen molar-refractivity contribution < 1.29 is 9.90 Å². The van der Waals surface area contributed by atoms with Crippen LogP contribution in [0, 0.1) is 5.41 Å². The summed E-state index contributed by atoms with van der Waals surface area (Å²) >= 11 is 0. The van der Waals surface area contributed by atoms with Crippen LogP contribution >= 0.6 is 0 Å². The number of rotatable bonds is 3. The van der Waals surface area contributed by atoms with Crippen molar-refractivity contribution in [3.05, 3.63) is 59.7 Å². The van der Waals surface area contributed by atoms with E-state index in [1.807, 2.05) is 0 Å². The van der Waals surface area contributed by atoms with Crippen LogP contribution in [-0.4, -0.2) is 11.8 Å². The summed E-state index contributed by atoms with van der Waals surface area (Å²) in [6.45, 7) is 0. The van der Waals surface area contributed by atoms with Crippen molar-refractivity contribution in [2.45, 2.75) is 0 Å². The van der Waals surface area contributed by atoms with Crippen LogP contribution in [0.4, 0.5) is 0 Å². The molecule has 0 fully saturated rings. The lowest BCUT2D eigenvalue weighted by Gasteiger charge is -2.10. The fraction of sp³-hybridized carbons (Fsp3) is 0. The zero-order chi connectivity index (χ0) is 13.1. The van der Waals surface area contributed by atoms with E-state index in [0.29, 0.717) is 11.1 Å². The number of carbonyl (C=O) groups is 1. The maximum atomic E-state index is 11.0. The van der Waals surface area contributed by atoms with Gasteiger partial charge < -0.3 is 15.6 Å². The molecular formula is C14H11N2O2-. The summed E-state index contributed by atoms with van der Waals surface area (Å²) in [5, 5.41) is 18.3. The highest BCUT2D eigenvalue weighted by atomic mass is 16.4. The minimum absolute atomic E-state index is 0.0188. The van der Waals surface area contributed by atoms with Crippen molar-refractivity contribution in [3.8, 4) is 11.1 Å². The molecule has 0 heterocycles. The van der Waals surface area contributed by atoms with E-state index in [9.17, 15) is 9.90 Å². The Balaban J connectivity index is 2.49. The third-order valence-corrected chi connectivity index (χ3v) is 2.65. The van der Waals surface area contributed by atoms with Gasteiger partial charge in [-0.3, -0.25) is 5.41 Å². The minimum atomic E-state index is -1.21. The number of amidine groups is 1. The van der Waals surface area contributed by atoms with Gasteiger partial charge in [0.05, 0.1) is 5.97 Å². The van der Waals surface area contributed by atoms with Gasteiger partial charge in [0.15, 0.2) is 0 Å². The first-order chi connectivity index (χ1) is 8.59. The first kappa shape index (κ1) is 11.9. The van der Waals surface area contributed by atoms with E-state index < -0.39 is 5.97 Å². The monoisotopic (exact) mass is 239 g/mol. The highest BCUT2D eigenvalue weighted by Crippen LogP contribution is 2.23. The summed E-state index contributed by atoms with van der Waals surface area (Å²) in [7, 11) is 0. The standard InChI is InChI=1S/C14H12N2O2/c15-13(16)10-7-5-9(6-8-10)11-3-1-2-4-12(11)14(17)18/h1-8H,(H3,15,16)(H,17,18)/p-1. The van der Waals surface area contributed by atoms with Crippen LogP contribution < -0.4 is 10.8 Å². The Labute approximate surface area is 104 Å². The maximum absolute atomic E-state index is 11.0. The van der Waals surface area contributed by atoms with E-state index in [1.54, 1.807) is 42.5 Å². The summed E-state index contributed by atoms with van der Waals surface area (Å²) in [4.78, 5) is 11.0. The quantitative estimate of drug-likeness (QED) is 0.618. The number of carboxylic acid groups (broad SMARTS) is 1. The second-order valence-electron chi connectivity index (χ2n) is 3.82. The highest BCUT2D eigenvalue weighted by Gasteiger charge is 2.05. The first-order valence-corrected chi connectivity index (χ1v) is 5.35. The van der Waals surface area contributed by atoms with Crippen molar-refractivity contribution in [2.75, 3.05) is 0 Å². The lowest BCUT2D eigenvalue weighted by molar-refractivity contribution is -0.254. The van der Waals surface area contributed by atoms with Crippen molar-refractivity contribution in [1.82, 2.24) is 0 Å². The predicted octanol–water partition coefficient (Wildman–Crippen LogP) is 1.00. The van der Waals surface area contributed by atoms with Crippen LogP contribution in [-0.2, 0) is 0 Å². The van der Waals surface area contributed by atoms with Gasteiger partial charge in [-0.25, -0.2) is 0 Å². The van der Waals surface area contributed by atoms with Gasteiger partial charge in [0.2, 0.25) is 0 Å². The van der Waals surface area contributed by atoms with Gasteiger partial charge in [0, 0.05) is 11.1 Å². The van der Waals surface area contributed by atoms with Gasteiger partial charge >= 0.3 is 0 Å². The van der Waals surface area contributed by atoms with Crippen LogP contribution in [0.2, 0.25) is 0 Å². The lowest BCUT2D eigenvalue weighted by atomic mass is 9.98. The predicted molar refractivity (Wildman–Crippen MR) is 67.2 cm³/mol. The number of nitrogens with one attached hydrogen (secondary N) is 1. The molecule has 18 heavy (non-hydrogen) atoms. The first-order valence-electron chi connectivity index (χ1n) is 5.35. The molecule has 0 aromatic heterocycles. The van der Waals surface area contributed by atoms with Crippen molar-refractivity contribution >= 4 is 11.8 Å². The van der Waals surface area contributed by atoms with Crippen LogP contribution in [0.25, 0.3) is 11.1 Å². The zero-order valence-electron chi connectivity index (χ0n) is 9.51. The van der Waals surface area contributed by atoms with Crippen LogP contribution in [0.1, 0.15) is 15.9 Å². The molecule has 0 saturated heterocycles. The molecule has 0 amide bonds. The van der Waals surface area contributed by atoms with Crippen LogP contribution in [0.15, 0.2) is 48.5 Å². The number of nitrogens with two attached hydrogens (primary N) is 1. The molecule has 2 rings (SSSR count). The molecule has 2 aromatic rings. The molecule has 0 spiro atoms. The fourth-order valence-electron chi connectivity index (χ4n) is 1.74. The largest absolute Gasteiger partial charge is 0.545 e. The molecule has 0 aliphatic heterocycles. The number of hydrogen-bond donors (Lipinski definition) is 2. The van der Waals surface area contributed by atoms with Crippen molar-refractivity contribution in [2.24, 2.45) is 5.73 Å². The summed E-state index contributed by atoms with van der Waals surface area (Å²) in [5.74, 6) is -1.23. The Hall–Kier alpha value is -2.62. The van der Waals surface area contributed by atoms with E-state index in [1.165, 1.54) is 6.07 Å². The van der Waals surface area contributed by atoms with E-state index in [-0.39, 0.29) is 11.4 Å². The molecule has 4 nitrogen and oxygen atoms in total. The lowest BCUT2D eigenvalue weighted by Crippen LogP contribution is -2.22. The van der Waals surface area contributed by atoms with E-state index in [4.69, 9.17) is 11.1 Å². The van der Waals surface area contributed by atoms with Gasteiger partial charge in [0.25, 0.3) is 0 Å². The molecule has 0 aliphatic carbocycles. The van der Waals surface area contributed by atoms with Gasteiger partial charge in [-0.2, -0.15) is 0 Å². The Morgan fingerprint density at radius 3 is 2.22 bits per heavy atom. The Bertz CT molecular complexity index is 603. The number of carboxylic acids is 1. The summed E-state index contributed by atoms with van der Waals surface area (Å²) in [6.07, 6.45) is 0. The molecule has 0 atom stereocenters. The fourth-order valence-corrected chi connectivity index (χ4v) is 1.74. The number of benzene rings is 2. The van der Waals surface area contributed by atoms with Crippen molar-refractivity contribution in [1.29, 1.82) is 5.41 Å². The molecule has 0 unspecified atom stereocenters. The molecule has 0 aliphatic rings. The van der Waals surface area contributed by atoms with Gasteiger partial charge in [-0.15, -0.1) is 0 Å². The zero-order valence-corrected chi connectivity index (χ0v) is 9.51. The summed E-state index contributed by atoms with van der Waals surface area (Å²) in [6, 6.07) is 13.5. The van der Waals surface area contributed by atoms with Crippen molar-refractivity contribution in [3.63, 3.8) is 0 Å². The van der Waals surface area contributed by atoms with Gasteiger partial charge in [-0.1, -0.05) is 48.5 Å². The van der Waals surface area contributed by atoms with Crippen LogP contribution in [0.5, 0.6) is 0 Å². The average Bonchev–Trinajstić information content (AvgIpc) is 2.39. The molecule has 2 aromatic carbocycles. The molecule has 4 heteroatoms. The molecule has 0 radical (unpaired) electrons. The Morgan fingerprint density at radius 2 is 1.67 bits per heavy atom. The molecular weight excluding hydrogens is 228 g/mol. The van der Waals surface area contributed by atoms with Gasteiger partial charge in [-0.05, 0) is 11.1 Å². The molecule has 0 bridgehead atoms. The van der Waals surface area contributed by atoms with Gasteiger partial charge in [0.1, 0.15) is 5.84 Å². The second-order valence-corrected chi connectivity index (χ2v) is 3.82. The number of carbonyl (C=O) groups excluding carboxylic acids is 1. The van der Waals surface area contributed by atoms with Crippen LogP contribution in [0.3, 0.4) is 0 Å². The Kier molecular flexibility index (Phi) is 3.10. The number of nitrogen functional groups attached to an aromatic ring is 1. The summed E-state index contributed by atoms with van der Waals surface area (Å²) in [5.41, 5.74) is 7.45. The molecule has 0 saturated carbocycles. The van der Waals surface area contributed by atoms with E-state index in [2.05, 4.69) is 0 Å². The summed E-state index contributed by atoms with van der Waals surface area (Å²) < 4.78 is 0. The third kappa shape index (κ3) is 2.22. The molecule has 3 N–H and O–H groups in total. The normalized spacial score (nSPS) is 10.0. The average molecular weight is 239 g/mol. The second kappa shape index (κ2) is 4.71. The Morgan fingerprint density at radius 1 is 1.06 bits per heavy atom. The topological polar surface area (TPSA) is 90.0 Å². The smallest absolute Gasteiger partial charge is 0.122 e. The SMILES string of the molecule is N=C(N)c1ccc(-c2ccccc2C(=O)[O-])cc1. The third-order valence-electron chi connectivity index (χ3n) is 2.65. The number of aromatic carboxylic acids is 1. The minimum Gasteiger partial charge on any atom is -0.545 e. The van der Waals surface area contributed by atoms with E-state index >= 15 is 0 Å².